The van der Waals surface area contributed by atoms with Crippen LogP contribution in [0.3, 0.4) is 0 Å². The van der Waals surface area contributed by atoms with Crippen molar-refractivity contribution in [2.75, 3.05) is 13.2 Å². The van der Waals surface area contributed by atoms with Crippen molar-refractivity contribution in [3.8, 4) is 0 Å². The van der Waals surface area contributed by atoms with Gasteiger partial charge in [0.25, 0.3) is 0 Å². The lowest BCUT2D eigenvalue weighted by atomic mass is 9.91. The number of carboxylic acids is 1. The van der Waals surface area contributed by atoms with E-state index in [9.17, 15) is 9.90 Å². The standard InChI is InChI=1S/C13H24O4/c1-3-7-13(8-4-2,12(14)15)17-11-5-9-16-10-6-11/h11H,3-10H2,1-2H3,(H,14,15). The molecule has 1 fully saturated rings. The molecule has 0 amide bonds. The smallest absolute Gasteiger partial charge is 0.335 e. The molecule has 1 rings (SSSR count). The molecule has 0 aromatic carbocycles. The third-order valence-corrected chi connectivity index (χ3v) is 3.26. The Morgan fingerprint density at radius 1 is 1.29 bits per heavy atom. The second kappa shape index (κ2) is 6.97. The van der Waals surface area contributed by atoms with Gasteiger partial charge in [0.15, 0.2) is 5.60 Å². The van der Waals surface area contributed by atoms with Crippen LogP contribution in [-0.2, 0) is 14.3 Å². The van der Waals surface area contributed by atoms with Crippen LogP contribution in [0.2, 0.25) is 0 Å². The van der Waals surface area contributed by atoms with Gasteiger partial charge < -0.3 is 14.6 Å². The summed E-state index contributed by atoms with van der Waals surface area (Å²) in [4.78, 5) is 11.5. The molecule has 0 bridgehead atoms. The van der Waals surface area contributed by atoms with Gasteiger partial charge in [0.05, 0.1) is 6.10 Å². The summed E-state index contributed by atoms with van der Waals surface area (Å²) in [6, 6.07) is 0. The summed E-state index contributed by atoms with van der Waals surface area (Å²) in [5, 5.41) is 9.46. The zero-order valence-corrected chi connectivity index (χ0v) is 10.9. The second-order valence-electron chi connectivity index (χ2n) is 4.73. The molecule has 0 aromatic rings. The summed E-state index contributed by atoms with van der Waals surface area (Å²) in [7, 11) is 0. The van der Waals surface area contributed by atoms with E-state index in [2.05, 4.69) is 0 Å². The van der Waals surface area contributed by atoms with Crippen molar-refractivity contribution in [1.82, 2.24) is 0 Å². The van der Waals surface area contributed by atoms with Crippen molar-refractivity contribution >= 4 is 5.97 Å². The van der Waals surface area contributed by atoms with E-state index in [4.69, 9.17) is 9.47 Å². The molecule has 0 saturated carbocycles. The van der Waals surface area contributed by atoms with Gasteiger partial charge in [0.2, 0.25) is 0 Å². The maximum Gasteiger partial charge on any atom is 0.335 e. The molecular weight excluding hydrogens is 220 g/mol. The van der Waals surface area contributed by atoms with Crippen LogP contribution in [0, 0.1) is 0 Å². The molecule has 0 aliphatic carbocycles. The minimum atomic E-state index is -0.981. The first kappa shape index (κ1) is 14.5. The van der Waals surface area contributed by atoms with E-state index in [0.717, 1.165) is 25.7 Å². The highest BCUT2D eigenvalue weighted by molar-refractivity contribution is 5.77. The zero-order chi connectivity index (χ0) is 12.7. The SMILES string of the molecule is CCCC(CCC)(OC1CCOCC1)C(=O)O. The van der Waals surface area contributed by atoms with Gasteiger partial charge in [-0.1, -0.05) is 26.7 Å². The van der Waals surface area contributed by atoms with Crippen LogP contribution in [0.4, 0.5) is 0 Å². The molecule has 1 aliphatic rings. The molecule has 0 aromatic heterocycles. The highest BCUT2D eigenvalue weighted by Gasteiger charge is 2.40. The molecule has 4 nitrogen and oxygen atoms in total. The van der Waals surface area contributed by atoms with Gasteiger partial charge in [-0.25, -0.2) is 4.79 Å². The van der Waals surface area contributed by atoms with Crippen molar-refractivity contribution < 1.29 is 19.4 Å². The lowest BCUT2D eigenvalue weighted by Gasteiger charge is -2.35. The summed E-state index contributed by atoms with van der Waals surface area (Å²) in [6.07, 6.45) is 4.50. The van der Waals surface area contributed by atoms with E-state index in [1.807, 2.05) is 13.8 Å². The molecule has 17 heavy (non-hydrogen) atoms. The van der Waals surface area contributed by atoms with E-state index >= 15 is 0 Å². The van der Waals surface area contributed by atoms with Gasteiger partial charge in [-0.3, -0.25) is 0 Å². The molecule has 0 spiro atoms. The summed E-state index contributed by atoms with van der Waals surface area (Å²) in [5.74, 6) is -0.812. The molecule has 0 radical (unpaired) electrons. The number of hydrogen-bond donors (Lipinski definition) is 1. The summed E-state index contributed by atoms with van der Waals surface area (Å²) in [6.45, 7) is 5.36. The van der Waals surface area contributed by atoms with Crippen LogP contribution in [0.15, 0.2) is 0 Å². The number of aliphatic carboxylic acids is 1. The maximum absolute atomic E-state index is 11.5. The average molecular weight is 244 g/mol. The quantitative estimate of drug-likeness (QED) is 0.748. The van der Waals surface area contributed by atoms with E-state index in [1.165, 1.54) is 0 Å². The third kappa shape index (κ3) is 3.96. The molecule has 1 heterocycles. The summed E-state index contributed by atoms with van der Waals surface area (Å²) < 4.78 is 11.2. The van der Waals surface area contributed by atoms with Crippen molar-refractivity contribution in [2.45, 2.75) is 64.1 Å². The highest BCUT2D eigenvalue weighted by Crippen LogP contribution is 2.29. The predicted molar refractivity (Wildman–Crippen MR) is 65.1 cm³/mol. The molecule has 100 valence electrons. The normalized spacial score (nSPS) is 18.2. The molecule has 1 saturated heterocycles. The Balaban J connectivity index is 2.68. The molecular formula is C13H24O4. The van der Waals surface area contributed by atoms with Crippen LogP contribution in [0.1, 0.15) is 52.4 Å². The fraction of sp³-hybridized carbons (Fsp3) is 0.923. The van der Waals surface area contributed by atoms with Crippen LogP contribution in [0.25, 0.3) is 0 Å². The van der Waals surface area contributed by atoms with E-state index in [-0.39, 0.29) is 6.10 Å². The van der Waals surface area contributed by atoms with E-state index in [1.54, 1.807) is 0 Å². The first-order valence-electron chi connectivity index (χ1n) is 6.63. The van der Waals surface area contributed by atoms with Crippen molar-refractivity contribution in [1.29, 1.82) is 0 Å². The minimum absolute atomic E-state index is 0.0398. The Morgan fingerprint density at radius 3 is 2.24 bits per heavy atom. The lowest BCUT2D eigenvalue weighted by molar-refractivity contribution is -0.183. The molecule has 4 heteroatoms. The summed E-state index contributed by atoms with van der Waals surface area (Å²) >= 11 is 0. The second-order valence-corrected chi connectivity index (χ2v) is 4.73. The van der Waals surface area contributed by atoms with Gasteiger partial charge in [-0.15, -0.1) is 0 Å². The maximum atomic E-state index is 11.5. The number of hydrogen-bond acceptors (Lipinski definition) is 3. The van der Waals surface area contributed by atoms with Crippen molar-refractivity contribution in [3.63, 3.8) is 0 Å². The molecule has 1 N–H and O–H groups in total. The Bertz CT molecular complexity index is 228. The van der Waals surface area contributed by atoms with Gasteiger partial charge >= 0.3 is 5.97 Å². The Hall–Kier alpha value is -0.610. The van der Waals surface area contributed by atoms with Crippen LogP contribution >= 0.6 is 0 Å². The van der Waals surface area contributed by atoms with Gasteiger partial charge in [0.1, 0.15) is 0 Å². The lowest BCUT2D eigenvalue weighted by Crippen LogP contribution is -2.45. The van der Waals surface area contributed by atoms with E-state index < -0.39 is 11.6 Å². The largest absolute Gasteiger partial charge is 0.479 e. The molecule has 1 aliphatic heterocycles. The van der Waals surface area contributed by atoms with Crippen LogP contribution in [-0.4, -0.2) is 36.0 Å². The van der Waals surface area contributed by atoms with E-state index in [0.29, 0.717) is 26.1 Å². The molecule has 0 atom stereocenters. The average Bonchev–Trinajstić information content (AvgIpc) is 2.30. The Morgan fingerprint density at radius 2 is 1.82 bits per heavy atom. The minimum Gasteiger partial charge on any atom is -0.479 e. The zero-order valence-electron chi connectivity index (χ0n) is 10.9. The van der Waals surface area contributed by atoms with Crippen LogP contribution < -0.4 is 0 Å². The Kier molecular flexibility index (Phi) is 5.92. The number of ether oxygens (including phenoxy) is 2. The molecule has 0 unspecified atom stereocenters. The van der Waals surface area contributed by atoms with Crippen molar-refractivity contribution in [3.05, 3.63) is 0 Å². The topological polar surface area (TPSA) is 55.8 Å². The predicted octanol–water partition coefficient (Wildman–Crippen LogP) is 2.61. The fourth-order valence-electron chi connectivity index (χ4n) is 2.43. The first-order chi connectivity index (χ1) is 8.14. The fourth-order valence-corrected chi connectivity index (χ4v) is 2.43. The number of carboxylic acid groups (broad SMARTS) is 1. The van der Waals surface area contributed by atoms with Gasteiger partial charge in [-0.2, -0.15) is 0 Å². The van der Waals surface area contributed by atoms with Gasteiger partial charge in [-0.05, 0) is 25.7 Å². The van der Waals surface area contributed by atoms with Crippen LogP contribution in [0.5, 0.6) is 0 Å². The summed E-state index contributed by atoms with van der Waals surface area (Å²) in [5.41, 5.74) is -0.981. The highest BCUT2D eigenvalue weighted by atomic mass is 16.5. The first-order valence-corrected chi connectivity index (χ1v) is 6.63. The monoisotopic (exact) mass is 244 g/mol. The number of rotatable bonds is 7. The van der Waals surface area contributed by atoms with Gasteiger partial charge in [0, 0.05) is 13.2 Å². The number of carbonyl (C=O) groups is 1. The third-order valence-electron chi connectivity index (χ3n) is 3.26. The Labute approximate surface area is 103 Å². The van der Waals surface area contributed by atoms with Crippen molar-refractivity contribution in [2.24, 2.45) is 0 Å².